The fourth-order valence-corrected chi connectivity index (χ4v) is 5.03. The van der Waals surface area contributed by atoms with Crippen LogP contribution in [0.4, 0.5) is 5.69 Å². The number of esters is 1. The lowest BCUT2D eigenvalue weighted by Crippen LogP contribution is -2.49. The number of amides is 1. The van der Waals surface area contributed by atoms with Crippen LogP contribution in [0.25, 0.3) is 10.9 Å². The molecule has 1 saturated heterocycles. The van der Waals surface area contributed by atoms with Gasteiger partial charge >= 0.3 is 5.97 Å². The van der Waals surface area contributed by atoms with Crippen molar-refractivity contribution in [1.29, 1.82) is 0 Å². The summed E-state index contributed by atoms with van der Waals surface area (Å²) < 4.78 is 5.63. The number of hydrogen-bond acceptors (Lipinski definition) is 6. The molecule has 0 bridgehead atoms. The van der Waals surface area contributed by atoms with Gasteiger partial charge in [0.2, 0.25) is 0 Å². The topological polar surface area (TPSA) is 66.0 Å². The van der Waals surface area contributed by atoms with E-state index in [1.54, 1.807) is 4.90 Å². The number of anilines is 1. The number of piperazine rings is 1. The average molecular weight is 473 g/mol. The highest BCUT2D eigenvalue weighted by Gasteiger charge is 2.29. The molecule has 1 fully saturated rings. The fraction of sp³-hybridized carbons (Fsp3) is 0.393. The van der Waals surface area contributed by atoms with Crippen molar-refractivity contribution in [1.82, 2.24) is 14.8 Å². The Bertz CT molecular complexity index is 1220. The third-order valence-electron chi connectivity index (χ3n) is 7.09. The molecule has 35 heavy (non-hydrogen) atoms. The van der Waals surface area contributed by atoms with Gasteiger partial charge < -0.3 is 14.5 Å². The van der Waals surface area contributed by atoms with E-state index in [0.717, 1.165) is 53.9 Å². The lowest BCUT2D eigenvalue weighted by molar-refractivity contribution is -0.134. The summed E-state index contributed by atoms with van der Waals surface area (Å²) in [6, 6.07) is 18.3. The molecule has 0 radical (unpaired) electrons. The zero-order valence-corrected chi connectivity index (χ0v) is 20.4. The first-order valence-corrected chi connectivity index (χ1v) is 12.4. The van der Waals surface area contributed by atoms with E-state index in [4.69, 9.17) is 9.72 Å². The number of aromatic nitrogens is 1. The predicted molar refractivity (Wildman–Crippen MR) is 137 cm³/mol. The van der Waals surface area contributed by atoms with E-state index in [-0.39, 0.29) is 12.5 Å². The van der Waals surface area contributed by atoms with E-state index < -0.39 is 5.97 Å². The van der Waals surface area contributed by atoms with Gasteiger partial charge in [-0.15, -0.1) is 0 Å². The summed E-state index contributed by atoms with van der Waals surface area (Å²) in [7, 11) is 0. The van der Waals surface area contributed by atoms with Gasteiger partial charge in [-0.2, -0.15) is 0 Å². The van der Waals surface area contributed by atoms with Gasteiger partial charge in [0, 0.05) is 74.1 Å². The SMILES string of the molecule is CC(C)N1CCc2nc3ccccc3c(C(=O)OCC(=O)N3CCN(c4ccccc4)CC3)c2C1. The Hall–Kier alpha value is -3.45. The third-order valence-corrected chi connectivity index (χ3v) is 7.09. The van der Waals surface area contributed by atoms with E-state index in [1.165, 1.54) is 0 Å². The minimum atomic E-state index is -0.443. The van der Waals surface area contributed by atoms with E-state index in [9.17, 15) is 9.59 Å². The lowest BCUT2D eigenvalue weighted by atomic mass is 9.95. The van der Waals surface area contributed by atoms with Gasteiger partial charge in [-0.25, -0.2) is 4.79 Å². The van der Waals surface area contributed by atoms with Crippen molar-refractivity contribution in [2.24, 2.45) is 0 Å². The van der Waals surface area contributed by atoms with Gasteiger partial charge in [-0.1, -0.05) is 36.4 Å². The first-order chi connectivity index (χ1) is 17.0. The molecule has 2 aliphatic heterocycles. The number of rotatable bonds is 5. The highest BCUT2D eigenvalue weighted by molar-refractivity contribution is 6.05. The highest BCUT2D eigenvalue weighted by Crippen LogP contribution is 2.29. The highest BCUT2D eigenvalue weighted by atomic mass is 16.5. The number of hydrogen-bond donors (Lipinski definition) is 0. The summed E-state index contributed by atoms with van der Waals surface area (Å²) in [5.74, 6) is -0.594. The van der Waals surface area contributed by atoms with Crippen molar-refractivity contribution in [3.63, 3.8) is 0 Å². The van der Waals surface area contributed by atoms with Gasteiger partial charge in [0.15, 0.2) is 6.61 Å². The van der Waals surface area contributed by atoms with Gasteiger partial charge in [0.25, 0.3) is 5.91 Å². The molecule has 0 N–H and O–H groups in total. The number of carbonyl (C=O) groups excluding carboxylic acids is 2. The smallest absolute Gasteiger partial charge is 0.339 e. The molecule has 0 aliphatic carbocycles. The number of fused-ring (bicyclic) bond motifs is 2. The number of ether oxygens (including phenoxy) is 1. The molecule has 0 unspecified atom stereocenters. The largest absolute Gasteiger partial charge is 0.452 e. The fourth-order valence-electron chi connectivity index (χ4n) is 5.03. The van der Waals surface area contributed by atoms with Crippen molar-refractivity contribution < 1.29 is 14.3 Å². The predicted octanol–water partition coefficient (Wildman–Crippen LogP) is 3.51. The van der Waals surface area contributed by atoms with Crippen LogP contribution in [-0.4, -0.2) is 72.0 Å². The standard InChI is InChI=1S/C28H32N4O3/c1-20(2)32-13-12-25-23(18-32)27(22-10-6-7-11-24(22)29-25)28(34)35-19-26(33)31-16-14-30(15-17-31)21-8-4-3-5-9-21/h3-11,20H,12-19H2,1-2H3. The Morgan fingerprint density at radius 2 is 1.66 bits per heavy atom. The maximum atomic E-state index is 13.4. The molecule has 0 spiro atoms. The van der Waals surface area contributed by atoms with E-state index in [0.29, 0.717) is 31.2 Å². The monoisotopic (exact) mass is 472 g/mol. The second-order valence-electron chi connectivity index (χ2n) is 9.52. The van der Waals surface area contributed by atoms with Crippen LogP contribution in [0.1, 0.15) is 35.5 Å². The average Bonchev–Trinajstić information content (AvgIpc) is 2.90. The van der Waals surface area contributed by atoms with Crippen LogP contribution in [0.15, 0.2) is 54.6 Å². The van der Waals surface area contributed by atoms with Crippen LogP contribution in [-0.2, 0) is 22.5 Å². The zero-order valence-electron chi connectivity index (χ0n) is 20.4. The molecule has 3 aromatic rings. The molecule has 1 aromatic heterocycles. The number of nitrogens with zero attached hydrogens (tertiary/aromatic N) is 4. The number of benzene rings is 2. The molecule has 2 aromatic carbocycles. The summed E-state index contributed by atoms with van der Waals surface area (Å²) in [4.78, 5) is 37.5. The molecule has 7 heteroatoms. The Balaban J connectivity index is 1.29. The molecule has 182 valence electrons. The molecule has 0 atom stereocenters. The summed E-state index contributed by atoms with van der Waals surface area (Å²) in [5, 5.41) is 0.783. The summed E-state index contributed by atoms with van der Waals surface area (Å²) >= 11 is 0. The van der Waals surface area contributed by atoms with Crippen LogP contribution in [0.3, 0.4) is 0 Å². The second-order valence-corrected chi connectivity index (χ2v) is 9.52. The van der Waals surface area contributed by atoms with Crippen LogP contribution in [0.5, 0.6) is 0 Å². The van der Waals surface area contributed by atoms with Crippen LogP contribution in [0, 0.1) is 0 Å². The first-order valence-electron chi connectivity index (χ1n) is 12.4. The number of carbonyl (C=O) groups is 2. The summed E-state index contributed by atoms with van der Waals surface area (Å²) in [6.45, 7) is 8.40. The van der Waals surface area contributed by atoms with Gasteiger partial charge in [-0.05, 0) is 32.0 Å². The minimum Gasteiger partial charge on any atom is -0.452 e. The van der Waals surface area contributed by atoms with Crippen molar-refractivity contribution in [2.45, 2.75) is 32.9 Å². The normalized spacial score (nSPS) is 16.4. The van der Waals surface area contributed by atoms with E-state index in [1.807, 2.05) is 42.5 Å². The maximum Gasteiger partial charge on any atom is 0.339 e. The maximum absolute atomic E-state index is 13.4. The number of pyridine rings is 1. The molecule has 2 aliphatic rings. The molecule has 5 rings (SSSR count). The Labute approximate surface area is 206 Å². The Kier molecular flexibility index (Phi) is 6.68. The Morgan fingerprint density at radius 3 is 2.40 bits per heavy atom. The van der Waals surface area contributed by atoms with Crippen molar-refractivity contribution in [3.05, 3.63) is 71.4 Å². The van der Waals surface area contributed by atoms with Crippen molar-refractivity contribution in [2.75, 3.05) is 44.2 Å². The van der Waals surface area contributed by atoms with Crippen molar-refractivity contribution in [3.8, 4) is 0 Å². The van der Waals surface area contributed by atoms with Crippen LogP contribution in [0.2, 0.25) is 0 Å². The Morgan fingerprint density at radius 1 is 0.943 bits per heavy atom. The molecule has 0 saturated carbocycles. The third kappa shape index (κ3) is 4.86. The van der Waals surface area contributed by atoms with Crippen LogP contribution >= 0.6 is 0 Å². The summed E-state index contributed by atoms with van der Waals surface area (Å²) in [6.07, 6.45) is 0.795. The molecule has 3 heterocycles. The first kappa shape index (κ1) is 23.3. The van der Waals surface area contributed by atoms with Gasteiger partial charge in [-0.3, -0.25) is 14.7 Å². The van der Waals surface area contributed by atoms with Crippen LogP contribution < -0.4 is 4.90 Å². The van der Waals surface area contributed by atoms with Crippen molar-refractivity contribution >= 4 is 28.5 Å². The zero-order chi connectivity index (χ0) is 24.4. The molecular formula is C28H32N4O3. The molecule has 1 amide bonds. The second kappa shape index (κ2) is 10.0. The molecule has 7 nitrogen and oxygen atoms in total. The van der Waals surface area contributed by atoms with E-state index >= 15 is 0 Å². The number of para-hydroxylation sites is 2. The van der Waals surface area contributed by atoms with Gasteiger partial charge in [0.1, 0.15) is 0 Å². The minimum absolute atomic E-state index is 0.151. The molecular weight excluding hydrogens is 440 g/mol. The quantitative estimate of drug-likeness (QED) is 0.530. The van der Waals surface area contributed by atoms with E-state index in [2.05, 4.69) is 35.8 Å². The summed E-state index contributed by atoms with van der Waals surface area (Å²) in [5.41, 5.74) is 4.39. The lowest BCUT2D eigenvalue weighted by Gasteiger charge is -2.36. The van der Waals surface area contributed by atoms with Gasteiger partial charge in [0.05, 0.1) is 11.1 Å².